The average molecular weight is 446 g/mol. The summed E-state index contributed by atoms with van der Waals surface area (Å²) in [4.78, 5) is 8.95. The molecule has 1 aliphatic carbocycles. The van der Waals surface area contributed by atoms with Crippen LogP contribution in [-0.2, 0) is 17.8 Å². The Kier molecular flexibility index (Phi) is 8.53. The van der Waals surface area contributed by atoms with Crippen molar-refractivity contribution < 1.29 is 4.74 Å². The lowest BCUT2D eigenvalue weighted by Crippen LogP contribution is -2.38. The van der Waals surface area contributed by atoms with E-state index in [0.717, 1.165) is 51.1 Å². The zero-order chi connectivity index (χ0) is 22.7. The van der Waals surface area contributed by atoms with Gasteiger partial charge in [-0.1, -0.05) is 48.5 Å². The van der Waals surface area contributed by atoms with E-state index in [-0.39, 0.29) is 0 Å². The highest BCUT2D eigenvalue weighted by atomic mass is 16.5. The third-order valence-electron chi connectivity index (χ3n) is 5.77. The fourth-order valence-electron chi connectivity index (χ4n) is 3.74. The van der Waals surface area contributed by atoms with Gasteiger partial charge in [0.05, 0.1) is 12.9 Å². The molecule has 0 atom stereocenters. The Morgan fingerprint density at radius 3 is 2.73 bits per heavy atom. The number of aromatic nitrogens is 2. The van der Waals surface area contributed by atoms with Crippen LogP contribution >= 0.6 is 0 Å². The SMILES string of the molecule is CCNC(=NCc1ccccc1-c1ccc(Cn2ccnc2)cc1)NCCCOCC1CC1. The molecule has 2 aromatic carbocycles. The minimum atomic E-state index is 0.625. The second-order valence-electron chi connectivity index (χ2n) is 8.58. The van der Waals surface area contributed by atoms with Crippen molar-refractivity contribution in [3.8, 4) is 11.1 Å². The quantitative estimate of drug-likeness (QED) is 0.245. The lowest BCUT2D eigenvalue weighted by molar-refractivity contribution is 0.123. The van der Waals surface area contributed by atoms with Gasteiger partial charge in [0, 0.05) is 45.2 Å². The van der Waals surface area contributed by atoms with E-state index in [4.69, 9.17) is 9.73 Å². The first-order valence-electron chi connectivity index (χ1n) is 12.0. The van der Waals surface area contributed by atoms with Gasteiger partial charge in [0.1, 0.15) is 0 Å². The zero-order valence-corrected chi connectivity index (χ0v) is 19.5. The number of hydrogen-bond donors (Lipinski definition) is 2. The molecule has 2 N–H and O–H groups in total. The summed E-state index contributed by atoms with van der Waals surface area (Å²) < 4.78 is 7.80. The smallest absolute Gasteiger partial charge is 0.191 e. The van der Waals surface area contributed by atoms with Crippen LogP contribution in [0, 0.1) is 5.92 Å². The van der Waals surface area contributed by atoms with Gasteiger partial charge in [0.25, 0.3) is 0 Å². The van der Waals surface area contributed by atoms with Gasteiger partial charge in [0.2, 0.25) is 0 Å². The van der Waals surface area contributed by atoms with Gasteiger partial charge in [-0.15, -0.1) is 0 Å². The molecule has 1 heterocycles. The maximum Gasteiger partial charge on any atom is 0.191 e. The molecule has 0 saturated heterocycles. The first-order valence-corrected chi connectivity index (χ1v) is 12.0. The average Bonchev–Trinajstić information content (AvgIpc) is 3.53. The van der Waals surface area contributed by atoms with Gasteiger partial charge in [0.15, 0.2) is 5.96 Å². The van der Waals surface area contributed by atoms with Crippen molar-refractivity contribution in [1.82, 2.24) is 20.2 Å². The number of nitrogens with zero attached hydrogens (tertiary/aromatic N) is 3. The van der Waals surface area contributed by atoms with Gasteiger partial charge in [-0.3, -0.25) is 0 Å². The van der Waals surface area contributed by atoms with Crippen LogP contribution in [0.1, 0.15) is 37.3 Å². The largest absolute Gasteiger partial charge is 0.381 e. The second-order valence-corrected chi connectivity index (χ2v) is 8.58. The fourth-order valence-corrected chi connectivity index (χ4v) is 3.74. The van der Waals surface area contributed by atoms with E-state index in [1.54, 1.807) is 0 Å². The van der Waals surface area contributed by atoms with Crippen LogP contribution in [0.5, 0.6) is 0 Å². The summed E-state index contributed by atoms with van der Waals surface area (Å²) in [7, 11) is 0. The number of guanidine groups is 1. The third-order valence-corrected chi connectivity index (χ3v) is 5.77. The summed E-state index contributed by atoms with van der Waals surface area (Å²) in [6.07, 6.45) is 9.31. The van der Waals surface area contributed by atoms with Crippen molar-refractivity contribution in [2.45, 2.75) is 39.3 Å². The van der Waals surface area contributed by atoms with Gasteiger partial charge < -0.3 is 19.9 Å². The second kappa shape index (κ2) is 12.2. The topological polar surface area (TPSA) is 63.5 Å². The summed E-state index contributed by atoms with van der Waals surface area (Å²) >= 11 is 0. The number of nitrogens with one attached hydrogen (secondary N) is 2. The molecular weight excluding hydrogens is 410 g/mol. The summed E-state index contributed by atoms with van der Waals surface area (Å²) in [6.45, 7) is 6.98. The molecule has 0 bridgehead atoms. The van der Waals surface area contributed by atoms with E-state index in [0.29, 0.717) is 6.54 Å². The maximum atomic E-state index is 5.73. The van der Waals surface area contributed by atoms with E-state index in [2.05, 4.69) is 75.6 Å². The lowest BCUT2D eigenvalue weighted by Gasteiger charge is -2.13. The molecule has 33 heavy (non-hydrogen) atoms. The van der Waals surface area contributed by atoms with E-state index < -0.39 is 0 Å². The van der Waals surface area contributed by atoms with Crippen LogP contribution in [-0.4, -0.2) is 41.8 Å². The molecule has 4 rings (SSSR count). The highest BCUT2D eigenvalue weighted by Gasteiger charge is 2.20. The Bertz CT molecular complexity index is 994. The fraction of sp³-hybridized carbons (Fsp3) is 0.407. The molecule has 0 amide bonds. The Morgan fingerprint density at radius 1 is 1.12 bits per heavy atom. The van der Waals surface area contributed by atoms with Crippen LogP contribution in [0.15, 0.2) is 72.2 Å². The van der Waals surface area contributed by atoms with E-state index in [1.807, 2.05) is 18.7 Å². The summed E-state index contributed by atoms with van der Waals surface area (Å²) in [6, 6.07) is 17.3. The first kappa shape index (κ1) is 23.1. The predicted molar refractivity (Wildman–Crippen MR) is 134 cm³/mol. The highest BCUT2D eigenvalue weighted by molar-refractivity contribution is 5.80. The molecule has 0 aliphatic heterocycles. The number of ether oxygens (including phenoxy) is 1. The Hall–Kier alpha value is -3.12. The number of rotatable bonds is 12. The number of aliphatic imine (C=N–C) groups is 1. The first-order chi connectivity index (χ1) is 16.3. The maximum absolute atomic E-state index is 5.73. The molecule has 0 spiro atoms. The molecule has 174 valence electrons. The lowest BCUT2D eigenvalue weighted by atomic mass is 9.98. The van der Waals surface area contributed by atoms with Crippen LogP contribution in [0.2, 0.25) is 0 Å². The van der Waals surface area contributed by atoms with Crippen molar-refractivity contribution >= 4 is 5.96 Å². The number of hydrogen-bond acceptors (Lipinski definition) is 3. The normalized spacial score (nSPS) is 13.8. The molecule has 6 nitrogen and oxygen atoms in total. The van der Waals surface area contributed by atoms with Gasteiger partial charge in [-0.25, -0.2) is 9.98 Å². The minimum absolute atomic E-state index is 0.625. The zero-order valence-electron chi connectivity index (χ0n) is 19.5. The number of benzene rings is 2. The number of imidazole rings is 1. The van der Waals surface area contributed by atoms with Crippen molar-refractivity contribution in [3.05, 3.63) is 78.4 Å². The molecule has 1 fully saturated rings. The molecule has 3 aromatic rings. The molecule has 0 radical (unpaired) electrons. The summed E-state index contributed by atoms with van der Waals surface area (Å²) in [5.74, 6) is 1.68. The minimum Gasteiger partial charge on any atom is -0.381 e. The molecular formula is C27H35N5O. The van der Waals surface area contributed by atoms with Crippen LogP contribution in [0.3, 0.4) is 0 Å². The van der Waals surface area contributed by atoms with Crippen molar-refractivity contribution in [2.75, 3.05) is 26.3 Å². The summed E-state index contributed by atoms with van der Waals surface area (Å²) in [5.41, 5.74) is 4.90. The van der Waals surface area contributed by atoms with Crippen molar-refractivity contribution in [1.29, 1.82) is 0 Å². The van der Waals surface area contributed by atoms with Crippen molar-refractivity contribution in [2.24, 2.45) is 10.9 Å². The third kappa shape index (κ3) is 7.46. The predicted octanol–water partition coefficient (Wildman–Crippen LogP) is 4.47. The van der Waals surface area contributed by atoms with E-state index in [9.17, 15) is 0 Å². The Morgan fingerprint density at radius 2 is 1.97 bits per heavy atom. The highest BCUT2D eigenvalue weighted by Crippen LogP contribution is 2.28. The van der Waals surface area contributed by atoms with Crippen molar-refractivity contribution in [3.63, 3.8) is 0 Å². The van der Waals surface area contributed by atoms with Crippen LogP contribution in [0.4, 0.5) is 0 Å². The van der Waals surface area contributed by atoms with Crippen LogP contribution < -0.4 is 10.6 Å². The molecule has 6 heteroatoms. The van der Waals surface area contributed by atoms with Gasteiger partial charge >= 0.3 is 0 Å². The molecule has 1 aromatic heterocycles. The van der Waals surface area contributed by atoms with Crippen LogP contribution in [0.25, 0.3) is 11.1 Å². The summed E-state index contributed by atoms with van der Waals surface area (Å²) in [5, 5.41) is 6.78. The molecule has 0 unspecified atom stereocenters. The molecule has 1 aliphatic rings. The Balaban J connectivity index is 1.34. The van der Waals surface area contributed by atoms with Gasteiger partial charge in [-0.2, -0.15) is 0 Å². The standard InChI is InChI=1S/C27H35N5O/c1-2-29-27(30-14-5-17-33-20-23-8-9-23)31-18-25-6-3-4-7-26(25)24-12-10-22(11-13-24)19-32-16-15-28-21-32/h3-4,6-7,10-13,15-16,21,23H,2,5,8-9,14,17-20H2,1H3,(H2,29,30,31). The van der Waals surface area contributed by atoms with E-state index in [1.165, 1.54) is 35.1 Å². The van der Waals surface area contributed by atoms with E-state index >= 15 is 0 Å². The Labute approximate surface area is 197 Å². The van der Waals surface area contributed by atoms with Gasteiger partial charge in [-0.05, 0) is 54.4 Å². The molecule has 1 saturated carbocycles. The monoisotopic (exact) mass is 445 g/mol.